The summed E-state index contributed by atoms with van der Waals surface area (Å²) in [6.45, 7) is 5.42. The van der Waals surface area contributed by atoms with Crippen molar-refractivity contribution in [2.24, 2.45) is 0 Å². The molecule has 0 bridgehead atoms. The van der Waals surface area contributed by atoms with Gasteiger partial charge in [0.15, 0.2) is 0 Å². The van der Waals surface area contributed by atoms with Crippen molar-refractivity contribution in [2.75, 3.05) is 6.54 Å². The number of aromatic nitrogens is 1. The molecule has 2 nitrogen and oxygen atoms in total. The molecule has 0 aliphatic rings. The number of unbranched alkanes of at least 4 members (excludes halogenated alkanes) is 1. The van der Waals surface area contributed by atoms with Crippen LogP contribution in [0.3, 0.4) is 0 Å². The van der Waals surface area contributed by atoms with Gasteiger partial charge in [-0.05, 0) is 13.0 Å². The zero-order valence-corrected chi connectivity index (χ0v) is 9.23. The minimum Gasteiger partial charge on any atom is -0.309 e. The molecular formula is C10H18N2S. The molecule has 0 radical (unpaired) electrons. The highest BCUT2D eigenvalue weighted by Gasteiger charge is 2.10. The third-order valence-corrected chi connectivity index (χ3v) is 2.98. The SMILES string of the molecule is CCCCC(NCC)c1cncs1. The van der Waals surface area contributed by atoms with Crippen molar-refractivity contribution in [1.29, 1.82) is 0 Å². The first-order valence-electron chi connectivity index (χ1n) is 5.00. The molecule has 74 valence electrons. The summed E-state index contributed by atoms with van der Waals surface area (Å²) in [7, 11) is 0. The van der Waals surface area contributed by atoms with Gasteiger partial charge in [-0.25, -0.2) is 0 Å². The Hall–Kier alpha value is -0.410. The average Bonchev–Trinajstić information content (AvgIpc) is 2.65. The smallest absolute Gasteiger partial charge is 0.0794 e. The summed E-state index contributed by atoms with van der Waals surface area (Å²) in [6, 6.07) is 0.525. The van der Waals surface area contributed by atoms with E-state index in [1.165, 1.54) is 24.1 Å². The van der Waals surface area contributed by atoms with Crippen LogP contribution < -0.4 is 5.32 Å². The number of hydrogen-bond donors (Lipinski definition) is 1. The van der Waals surface area contributed by atoms with E-state index in [1.54, 1.807) is 11.3 Å². The molecule has 1 unspecified atom stereocenters. The number of nitrogens with one attached hydrogen (secondary N) is 1. The number of thiazole rings is 1. The van der Waals surface area contributed by atoms with Crippen LogP contribution in [0.1, 0.15) is 44.0 Å². The Kier molecular flexibility index (Phi) is 5.01. The van der Waals surface area contributed by atoms with Gasteiger partial charge in [-0.3, -0.25) is 4.98 Å². The Labute approximate surface area is 84.4 Å². The Bertz CT molecular complexity index is 209. The zero-order chi connectivity index (χ0) is 9.52. The van der Waals surface area contributed by atoms with Gasteiger partial charge in [0, 0.05) is 17.1 Å². The maximum Gasteiger partial charge on any atom is 0.0794 e. The molecule has 1 N–H and O–H groups in total. The highest BCUT2D eigenvalue weighted by Crippen LogP contribution is 2.22. The molecule has 0 spiro atoms. The fourth-order valence-electron chi connectivity index (χ4n) is 1.40. The second-order valence-electron chi connectivity index (χ2n) is 3.16. The standard InChI is InChI=1S/C10H18N2S/c1-3-5-6-9(12-4-2)10-7-11-8-13-10/h7-9,12H,3-6H2,1-2H3. The van der Waals surface area contributed by atoms with E-state index >= 15 is 0 Å². The van der Waals surface area contributed by atoms with Crippen LogP contribution in [0.4, 0.5) is 0 Å². The van der Waals surface area contributed by atoms with E-state index in [0.717, 1.165) is 6.54 Å². The van der Waals surface area contributed by atoms with Crippen LogP contribution in [0.5, 0.6) is 0 Å². The molecule has 1 aromatic rings. The molecule has 0 saturated carbocycles. The lowest BCUT2D eigenvalue weighted by Gasteiger charge is -2.14. The van der Waals surface area contributed by atoms with E-state index in [0.29, 0.717) is 6.04 Å². The van der Waals surface area contributed by atoms with E-state index in [4.69, 9.17) is 0 Å². The van der Waals surface area contributed by atoms with E-state index in [9.17, 15) is 0 Å². The zero-order valence-electron chi connectivity index (χ0n) is 8.42. The van der Waals surface area contributed by atoms with Crippen LogP contribution in [0.2, 0.25) is 0 Å². The van der Waals surface area contributed by atoms with Crippen LogP contribution in [-0.4, -0.2) is 11.5 Å². The summed E-state index contributed by atoms with van der Waals surface area (Å²) < 4.78 is 0. The molecular weight excluding hydrogens is 180 g/mol. The van der Waals surface area contributed by atoms with Gasteiger partial charge >= 0.3 is 0 Å². The molecule has 0 fully saturated rings. The maximum absolute atomic E-state index is 4.11. The van der Waals surface area contributed by atoms with E-state index < -0.39 is 0 Å². The van der Waals surface area contributed by atoms with Crippen molar-refractivity contribution in [2.45, 2.75) is 39.2 Å². The molecule has 1 heterocycles. The summed E-state index contributed by atoms with van der Waals surface area (Å²) in [6.07, 6.45) is 5.76. The first kappa shape index (κ1) is 10.7. The van der Waals surface area contributed by atoms with Crippen molar-refractivity contribution in [3.63, 3.8) is 0 Å². The lowest BCUT2D eigenvalue weighted by Crippen LogP contribution is -2.19. The first-order valence-corrected chi connectivity index (χ1v) is 5.88. The Morgan fingerprint density at radius 1 is 1.54 bits per heavy atom. The van der Waals surface area contributed by atoms with E-state index in [1.807, 2.05) is 11.7 Å². The maximum atomic E-state index is 4.11. The normalized spacial score (nSPS) is 13.1. The van der Waals surface area contributed by atoms with Gasteiger partial charge in [0.25, 0.3) is 0 Å². The number of hydrogen-bond acceptors (Lipinski definition) is 3. The highest BCUT2D eigenvalue weighted by molar-refractivity contribution is 7.09. The third-order valence-electron chi connectivity index (χ3n) is 2.09. The Morgan fingerprint density at radius 3 is 2.92 bits per heavy atom. The second kappa shape index (κ2) is 6.11. The lowest BCUT2D eigenvalue weighted by atomic mass is 10.1. The second-order valence-corrected chi connectivity index (χ2v) is 4.07. The van der Waals surface area contributed by atoms with Gasteiger partial charge in [-0.15, -0.1) is 11.3 Å². The van der Waals surface area contributed by atoms with Crippen LogP contribution in [0.25, 0.3) is 0 Å². The summed E-state index contributed by atoms with van der Waals surface area (Å²) in [5.41, 5.74) is 1.91. The third kappa shape index (κ3) is 3.44. The average molecular weight is 198 g/mol. The minimum absolute atomic E-state index is 0.525. The van der Waals surface area contributed by atoms with Crippen molar-refractivity contribution >= 4 is 11.3 Å². The topological polar surface area (TPSA) is 24.9 Å². The van der Waals surface area contributed by atoms with Crippen LogP contribution in [-0.2, 0) is 0 Å². The predicted octanol–water partition coefficient (Wildman–Crippen LogP) is 2.98. The molecule has 0 aliphatic carbocycles. The highest BCUT2D eigenvalue weighted by atomic mass is 32.1. The fourth-order valence-corrected chi connectivity index (χ4v) is 2.13. The van der Waals surface area contributed by atoms with E-state index in [2.05, 4.69) is 24.1 Å². The van der Waals surface area contributed by atoms with Gasteiger partial charge in [-0.1, -0.05) is 26.7 Å². The molecule has 0 aliphatic heterocycles. The Morgan fingerprint density at radius 2 is 2.38 bits per heavy atom. The van der Waals surface area contributed by atoms with Gasteiger partial charge in [0.05, 0.1) is 5.51 Å². The molecule has 3 heteroatoms. The molecule has 13 heavy (non-hydrogen) atoms. The predicted molar refractivity (Wildman–Crippen MR) is 58.1 cm³/mol. The van der Waals surface area contributed by atoms with Crippen molar-refractivity contribution in [1.82, 2.24) is 10.3 Å². The first-order chi connectivity index (χ1) is 6.38. The van der Waals surface area contributed by atoms with Crippen molar-refractivity contribution in [3.8, 4) is 0 Å². The molecule has 0 amide bonds. The van der Waals surface area contributed by atoms with Gasteiger partial charge in [0.2, 0.25) is 0 Å². The summed E-state index contributed by atoms with van der Waals surface area (Å²) in [5.74, 6) is 0. The van der Waals surface area contributed by atoms with Gasteiger partial charge in [-0.2, -0.15) is 0 Å². The fraction of sp³-hybridized carbons (Fsp3) is 0.700. The van der Waals surface area contributed by atoms with Crippen LogP contribution in [0.15, 0.2) is 11.7 Å². The van der Waals surface area contributed by atoms with Gasteiger partial charge in [0.1, 0.15) is 0 Å². The molecule has 0 saturated heterocycles. The number of rotatable bonds is 6. The molecule has 1 atom stereocenters. The monoisotopic (exact) mass is 198 g/mol. The lowest BCUT2D eigenvalue weighted by molar-refractivity contribution is 0.501. The van der Waals surface area contributed by atoms with Gasteiger partial charge < -0.3 is 5.32 Å². The molecule has 0 aromatic carbocycles. The van der Waals surface area contributed by atoms with E-state index in [-0.39, 0.29) is 0 Å². The summed E-state index contributed by atoms with van der Waals surface area (Å²) in [5, 5.41) is 3.49. The number of nitrogens with zero attached hydrogens (tertiary/aromatic N) is 1. The quantitative estimate of drug-likeness (QED) is 0.760. The Balaban J connectivity index is 2.47. The molecule has 1 aromatic heterocycles. The van der Waals surface area contributed by atoms with Crippen molar-refractivity contribution < 1.29 is 0 Å². The van der Waals surface area contributed by atoms with Crippen molar-refractivity contribution in [3.05, 3.63) is 16.6 Å². The van der Waals surface area contributed by atoms with Crippen LogP contribution in [0, 0.1) is 0 Å². The van der Waals surface area contributed by atoms with Crippen LogP contribution >= 0.6 is 11.3 Å². The minimum atomic E-state index is 0.525. The molecule has 1 rings (SSSR count). The summed E-state index contributed by atoms with van der Waals surface area (Å²) >= 11 is 1.75. The summed E-state index contributed by atoms with van der Waals surface area (Å²) in [4.78, 5) is 5.48. The largest absolute Gasteiger partial charge is 0.309 e.